The maximum Gasteiger partial charge on any atom is 0.198 e. The SMILES string of the molecule is CCCCCNc1ccc2oc(C3CC3)nc2c1. The van der Waals surface area contributed by atoms with Crippen LogP contribution in [0, 0.1) is 0 Å². The van der Waals surface area contributed by atoms with Crippen LogP contribution in [0.3, 0.4) is 0 Å². The minimum Gasteiger partial charge on any atom is -0.440 e. The predicted octanol–water partition coefficient (Wildman–Crippen LogP) is 4.31. The molecule has 0 aliphatic heterocycles. The molecule has 0 saturated heterocycles. The molecule has 1 aliphatic carbocycles. The standard InChI is InChI=1S/C15H20N2O/c1-2-3-4-9-16-12-7-8-14-13(10-12)17-15(18-14)11-5-6-11/h7-8,10-11,16H,2-6,9H2,1H3. The second-order valence-corrected chi connectivity index (χ2v) is 5.14. The zero-order valence-electron chi connectivity index (χ0n) is 10.9. The van der Waals surface area contributed by atoms with E-state index < -0.39 is 0 Å². The molecule has 0 radical (unpaired) electrons. The third-order valence-corrected chi connectivity index (χ3v) is 3.44. The van der Waals surface area contributed by atoms with E-state index in [1.165, 1.54) is 32.1 Å². The average molecular weight is 244 g/mol. The average Bonchev–Trinajstić information content (AvgIpc) is 3.15. The van der Waals surface area contributed by atoms with Gasteiger partial charge >= 0.3 is 0 Å². The van der Waals surface area contributed by atoms with Crippen LogP contribution in [-0.2, 0) is 0 Å². The Hall–Kier alpha value is -1.51. The Labute approximate surface area is 108 Å². The maximum absolute atomic E-state index is 5.75. The van der Waals surface area contributed by atoms with Crippen LogP contribution < -0.4 is 5.32 Å². The topological polar surface area (TPSA) is 38.1 Å². The van der Waals surface area contributed by atoms with Gasteiger partial charge < -0.3 is 9.73 Å². The van der Waals surface area contributed by atoms with Crippen LogP contribution in [0.4, 0.5) is 5.69 Å². The molecule has 1 fully saturated rings. The Morgan fingerprint density at radius 2 is 2.22 bits per heavy atom. The molecule has 0 atom stereocenters. The number of nitrogens with one attached hydrogen (secondary N) is 1. The van der Waals surface area contributed by atoms with Crippen LogP contribution in [0.2, 0.25) is 0 Å². The van der Waals surface area contributed by atoms with E-state index in [1.54, 1.807) is 0 Å². The van der Waals surface area contributed by atoms with Crippen molar-refractivity contribution < 1.29 is 4.42 Å². The van der Waals surface area contributed by atoms with Gasteiger partial charge in [-0.3, -0.25) is 0 Å². The minimum absolute atomic E-state index is 0.582. The molecule has 0 unspecified atom stereocenters. The smallest absolute Gasteiger partial charge is 0.198 e. The number of unbranched alkanes of at least 4 members (excludes halogenated alkanes) is 2. The van der Waals surface area contributed by atoms with Crippen LogP contribution in [-0.4, -0.2) is 11.5 Å². The van der Waals surface area contributed by atoms with Gasteiger partial charge in [0.1, 0.15) is 5.52 Å². The van der Waals surface area contributed by atoms with Gasteiger partial charge in [0.2, 0.25) is 0 Å². The second kappa shape index (κ2) is 5.01. The van der Waals surface area contributed by atoms with Crippen LogP contribution in [0.1, 0.15) is 50.8 Å². The largest absolute Gasteiger partial charge is 0.440 e. The first-order valence-electron chi connectivity index (χ1n) is 7.01. The number of benzene rings is 1. The molecular weight excluding hydrogens is 224 g/mol. The first-order valence-corrected chi connectivity index (χ1v) is 7.01. The van der Waals surface area contributed by atoms with Gasteiger partial charge in [0, 0.05) is 18.2 Å². The molecule has 96 valence electrons. The van der Waals surface area contributed by atoms with Gasteiger partial charge in [0.15, 0.2) is 11.5 Å². The lowest BCUT2D eigenvalue weighted by molar-refractivity contribution is 0.533. The van der Waals surface area contributed by atoms with E-state index in [1.807, 2.05) is 6.07 Å². The Kier molecular flexibility index (Phi) is 3.22. The van der Waals surface area contributed by atoms with Gasteiger partial charge in [0.05, 0.1) is 0 Å². The fourth-order valence-electron chi connectivity index (χ4n) is 2.17. The molecule has 3 nitrogen and oxygen atoms in total. The summed E-state index contributed by atoms with van der Waals surface area (Å²) in [6.07, 6.45) is 6.23. The summed E-state index contributed by atoms with van der Waals surface area (Å²) in [6.45, 7) is 3.26. The number of fused-ring (bicyclic) bond motifs is 1. The van der Waals surface area contributed by atoms with Crippen molar-refractivity contribution in [2.75, 3.05) is 11.9 Å². The van der Waals surface area contributed by atoms with E-state index in [4.69, 9.17) is 4.42 Å². The molecule has 0 spiro atoms. The van der Waals surface area contributed by atoms with Crippen molar-refractivity contribution in [3.63, 3.8) is 0 Å². The maximum atomic E-state index is 5.75. The van der Waals surface area contributed by atoms with Gasteiger partial charge in [-0.15, -0.1) is 0 Å². The van der Waals surface area contributed by atoms with Crippen LogP contribution in [0.25, 0.3) is 11.1 Å². The molecular formula is C15H20N2O. The first-order chi connectivity index (χ1) is 8.86. The molecule has 3 rings (SSSR count). The lowest BCUT2D eigenvalue weighted by atomic mass is 10.2. The van der Waals surface area contributed by atoms with E-state index in [0.29, 0.717) is 5.92 Å². The van der Waals surface area contributed by atoms with E-state index in [-0.39, 0.29) is 0 Å². The molecule has 1 aromatic carbocycles. The van der Waals surface area contributed by atoms with Gasteiger partial charge in [-0.05, 0) is 37.5 Å². The summed E-state index contributed by atoms with van der Waals surface area (Å²) >= 11 is 0. The van der Waals surface area contributed by atoms with Gasteiger partial charge in [-0.25, -0.2) is 4.98 Å². The van der Waals surface area contributed by atoms with Crippen molar-refractivity contribution >= 4 is 16.8 Å². The van der Waals surface area contributed by atoms with Gasteiger partial charge in [-0.2, -0.15) is 0 Å². The molecule has 1 N–H and O–H groups in total. The Bertz CT molecular complexity index is 528. The van der Waals surface area contributed by atoms with E-state index in [2.05, 4.69) is 29.4 Å². The number of rotatable bonds is 6. The minimum atomic E-state index is 0.582. The lowest BCUT2D eigenvalue weighted by Gasteiger charge is -2.04. The first kappa shape index (κ1) is 11.6. The van der Waals surface area contributed by atoms with Crippen molar-refractivity contribution in [1.82, 2.24) is 4.98 Å². The van der Waals surface area contributed by atoms with Crippen molar-refractivity contribution in [3.8, 4) is 0 Å². The molecule has 1 saturated carbocycles. The highest BCUT2D eigenvalue weighted by Gasteiger charge is 2.28. The highest BCUT2D eigenvalue weighted by molar-refractivity contribution is 5.77. The summed E-state index contributed by atoms with van der Waals surface area (Å²) in [4.78, 5) is 4.57. The molecule has 1 heterocycles. The zero-order chi connectivity index (χ0) is 12.4. The zero-order valence-corrected chi connectivity index (χ0v) is 10.9. The molecule has 2 aromatic rings. The quantitative estimate of drug-likeness (QED) is 0.769. The van der Waals surface area contributed by atoms with Crippen LogP contribution in [0.15, 0.2) is 22.6 Å². The van der Waals surface area contributed by atoms with Crippen molar-refractivity contribution in [2.45, 2.75) is 44.9 Å². The highest BCUT2D eigenvalue weighted by atomic mass is 16.3. The van der Waals surface area contributed by atoms with Gasteiger partial charge in [0.25, 0.3) is 0 Å². The Morgan fingerprint density at radius 3 is 3.00 bits per heavy atom. The molecule has 1 aliphatic rings. The summed E-state index contributed by atoms with van der Waals surface area (Å²) < 4.78 is 5.75. The van der Waals surface area contributed by atoms with Crippen molar-refractivity contribution in [3.05, 3.63) is 24.1 Å². The van der Waals surface area contributed by atoms with E-state index in [9.17, 15) is 0 Å². The highest BCUT2D eigenvalue weighted by Crippen LogP contribution is 2.40. The third-order valence-electron chi connectivity index (χ3n) is 3.44. The molecule has 3 heteroatoms. The lowest BCUT2D eigenvalue weighted by Crippen LogP contribution is -2.00. The summed E-state index contributed by atoms with van der Waals surface area (Å²) in [7, 11) is 0. The number of oxazole rings is 1. The van der Waals surface area contributed by atoms with Gasteiger partial charge in [-0.1, -0.05) is 19.8 Å². The fraction of sp³-hybridized carbons (Fsp3) is 0.533. The second-order valence-electron chi connectivity index (χ2n) is 5.14. The number of hydrogen-bond acceptors (Lipinski definition) is 3. The van der Waals surface area contributed by atoms with Crippen LogP contribution >= 0.6 is 0 Å². The predicted molar refractivity (Wildman–Crippen MR) is 74.0 cm³/mol. The van der Waals surface area contributed by atoms with Crippen molar-refractivity contribution in [1.29, 1.82) is 0 Å². The summed E-state index contributed by atoms with van der Waals surface area (Å²) in [6, 6.07) is 6.20. The van der Waals surface area contributed by atoms with Crippen LogP contribution in [0.5, 0.6) is 0 Å². The molecule has 0 amide bonds. The molecule has 1 aromatic heterocycles. The van der Waals surface area contributed by atoms with E-state index in [0.717, 1.165) is 29.2 Å². The summed E-state index contributed by atoms with van der Waals surface area (Å²) in [5.41, 5.74) is 3.04. The van der Waals surface area contributed by atoms with Crippen molar-refractivity contribution in [2.24, 2.45) is 0 Å². The van der Waals surface area contributed by atoms with E-state index >= 15 is 0 Å². The monoisotopic (exact) mass is 244 g/mol. The number of anilines is 1. The number of hydrogen-bond donors (Lipinski definition) is 1. The number of aromatic nitrogens is 1. The normalized spacial score (nSPS) is 15.2. The fourth-order valence-corrected chi connectivity index (χ4v) is 2.17. The summed E-state index contributed by atoms with van der Waals surface area (Å²) in [5.74, 6) is 1.51. The molecule has 18 heavy (non-hydrogen) atoms. The summed E-state index contributed by atoms with van der Waals surface area (Å²) in [5, 5.41) is 3.44. The Morgan fingerprint density at radius 1 is 1.33 bits per heavy atom. The third kappa shape index (κ3) is 2.50. The Balaban J connectivity index is 1.69. The molecule has 0 bridgehead atoms. The number of nitrogens with zero attached hydrogens (tertiary/aromatic N) is 1.